The minimum atomic E-state index is -0.590. The van der Waals surface area contributed by atoms with Gasteiger partial charge in [-0.25, -0.2) is 0 Å². The second-order valence-corrected chi connectivity index (χ2v) is 5.25. The average Bonchev–Trinajstić information content (AvgIpc) is 3.24. The van der Waals surface area contributed by atoms with Crippen LogP contribution in [-0.2, 0) is 19.1 Å². The first-order valence-corrected chi connectivity index (χ1v) is 6.31. The molecule has 2 aliphatic carbocycles. The van der Waals surface area contributed by atoms with Gasteiger partial charge in [0.05, 0.1) is 25.5 Å². The summed E-state index contributed by atoms with van der Waals surface area (Å²) in [4.78, 5) is 36.5. The molecule has 3 unspecified atom stereocenters. The average molecular weight is 252 g/mol. The highest BCUT2D eigenvalue weighted by Crippen LogP contribution is 2.46. The molecule has 0 spiro atoms. The lowest BCUT2D eigenvalue weighted by Crippen LogP contribution is -2.50. The van der Waals surface area contributed by atoms with Gasteiger partial charge in [0, 0.05) is 6.04 Å². The zero-order chi connectivity index (χ0) is 12.9. The number of hydrogen-bond donors (Lipinski definition) is 1. The van der Waals surface area contributed by atoms with Crippen LogP contribution in [0.15, 0.2) is 0 Å². The number of likely N-dealkylation sites (tertiary alicyclic amines) is 1. The fraction of sp³-hybridized carbons (Fsp3) is 0.750. The highest BCUT2D eigenvalue weighted by molar-refractivity contribution is 6.09. The van der Waals surface area contributed by atoms with E-state index >= 15 is 0 Å². The van der Waals surface area contributed by atoms with Crippen molar-refractivity contribution in [3.63, 3.8) is 0 Å². The Morgan fingerprint density at radius 3 is 2.50 bits per heavy atom. The maximum atomic E-state index is 11.8. The molecule has 0 radical (unpaired) electrons. The molecule has 1 saturated heterocycles. The van der Waals surface area contributed by atoms with Crippen LogP contribution in [0.3, 0.4) is 0 Å². The maximum Gasteiger partial charge on any atom is 0.324 e. The van der Waals surface area contributed by atoms with Gasteiger partial charge in [-0.3, -0.25) is 19.3 Å². The van der Waals surface area contributed by atoms with E-state index in [4.69, 9.17) is 4.74 Å². The SMILES string of the molecule is COC(=O)C(CN1C(=O)C2CC2C1=O)NC1CC1. The van der Waals surface area contributed by atoms with Gasteiger partial charge in [0.1, 0.15) is 6.04 Å². The Morgan fingerprint density at radius 1 is 1.39 bits per heavy atom. The topological polar surface area (TPSA) is 75.7 Å². The summed E-state index contributed by atoms with van der Waals surface area (Å²) in [5.41, 5.74) is 0. The predicted molar refractivity (Wildman–Crippen MR) is 60.3 cm³/mol. The Balaban J connectivity index is 1.66. The summed E-state index contributed by atoms with van der Waals surface area (Å²) in [7, 11) is 1.31. The van der Waals surface area contributed by atoms with Crippen LogP contribution in [0.2, 0.25) is 0 Å². The molecule has 0 bridgehead atoms. The van der Waals surface area contributed by atoms with Crippen LogP contribution in [0.4, 0.5) is 0 Å². The summed E-state index contributed by atoms with van der Waals surface area (Å²) in [6.45, 7) is 0.105. The fourth-order valence-corrected chi connectivity index (χ4v) is 2.48. The van der Waals surface area contributed by atoms with Crippen molar-refractivity contribution < 1.29 is 19.1 Å². The van der Waals surface area contributed by atoms with Gasteiger partial charge in [0.25, 0.3) is 0 Å². The summed E-state index contributed by atoms with van der Waals surface area (Å²) < 4.78 is 4.71. The monoisotopic (exact) mass is 252 g/mol. The number of carbonyl (C=O) groups excluding carboxylic acids is 3. The van der Waals surface area contributed by atoms with E-state index in [-0.39, 0.29) is 30.2 Å². The Morgan fingerprint density at radius 2 is 2.00 bits per heavy atom. The van der Waals surface area contributed by atoms with Gasteiger partial charge in [-0.05, 0) is 19.3 Å². The number of methoxy groups -OCH3 is 1. The molecule has 3 fully saturated rings. The third-order valence-corrected chi connectivity index (χ3v) is 3.82. The third kappa shape index (κ3) is 1.90. The summed E-state index contributed by atoms with van der Waals surface area (Å²) in [5, 5.41) is 3.12. The lowest BCUT2D eigenvalue weighted by Gasteiger charge is -2.23. The quantitative estimate of drug-likeness (QED) is 0.516. The number of ether oxygens (including phenoxy) is 1. The first-order valence-electron chi connectivity index (χ1n) is 6.31. The second-order valence-electron chi connectivity index (χ2n) is 5.25. The van der Waals surface area contributed by atoms with E-state index in [0.717, 1.165) is 12.8 Å². The summed E-state index contributed by atoms with van der Waals surface area (Å²) in [6.07, 6.45) is 2.74. The van der Waals surface area contributed by atoms with Crippen molar-refractivity contribution in [2.24, 2.45) is 11.8 Å². The van der Waals surface area contributed by atoms with Crippen molar-refractivity contribution in [1.29, 1.82) is 0 Å². The van der Waals surface area contributed by atoms with E-state index in [9.17, 15) is 14.4 Å². The van der Waals surface area contributed by atoms with E-state index in [1.807, 2.05) is 0 Å². The number of rotatable bonds is 5. The Kier molecular flexibility index (Phi) is 2.62. The molecular weight excluding hydrogens is 236 g/mol. The van der Waals surface area contributed by atoms with Crippen LogP contribution in [-0.4, -0.2) is 48.4 Å². The first-order chi connectivity index (χ1) is 8.61. The molecule has 18 heavy (non-hydrogen) atoms. The van der Waals surface area contributed by atoms with Crippen molar-refractivity contribution in [2.75, 3.05) is 13.7 Å². The van der Waals surface area contributed by atoms with E-state index < -0.39 is 12.0 Å². The van der Waals surface area contributed by atoms with Crippen molar-refractivity contribution in [3.05, 3.63) is 0 Å². The van der Waals surface area contributed by atoms with Crippen LogP contribution in [0.1, 0.15) is 19.3 Å². The van der Waals surface area contributed by atoms with Crippen LogP contribution in [0.5, 0.6) is 0 Å². The van der Waals surface area contributed by atoms with Crippen molar-refractivity contribution >= 4 is 17.8 Å². The lowest BCUT2D eigenvalue weighted by molar-refractivity contribution is -0.146. The fourth-order valence-electron chi connectivity index (χ4n) is 2.48. The zero-order valence-electron chi connectivity index (χ0n) is 10.2. The van der Waals surface area contributed by atoms with Gasteiger partial charge in [0.15, 0.2) is 0 Å². The van der Waals surface area contributed by atoms with Gasteiger partial charge in [-0.15, -0.1) is 0 Å². The molecule has 0 aromatic rings. The molecule has 6 nitrogen and oxygen atoms in total. The lowest BCUT2D eigenvalue weighted by atomic mass is 10.2. The van der Waals surface area contributed by atoms with E-state index in [0.29, 0.717) is 12.5 Å². The highest BCUT2D eigenvalue weighted by atomic mass is 16.5. The van der Waals surface area contributed by atoms with Gasteiger partial charge in [-0.2, -0.15) is 0 Å². The van der Waals surface area contributed by atoms with Gasteiger partial charge in [-0.1, -0.05) is 0 Å². The molecule has 1 aliphatic heterocycles. The highest BCUT2D eigenvalue weighted by Gasteiger charge is 2.59. The number of amides is 2. The molecule has 1 heterocycles. The normalized spacial score (nSPS) is 31.3. The number of imide groups is 1. The summed E-state index contributed by atoms with van der Waals surface area (Å²) in [6, 6.07) is -0.274. The molecule has 6 heteroatoms. The number of fused-ring (bicyclic) bond motifs is 1. The predicted octanol–water partition coefficient (Wildman–Crippen LogP) is -0.715. The number of esters is 1. The van der Waals surface area contributed by atoms with Gasteiger partial charge >= 0.3 is 5.97 Å². The second kappa shape index (κ2) is 4.05. The van der Waals surface area contributed by atoms with Crippen LogP contribution in [0, 0.1) is 11.8 Å². The minimum Gasteiger partial charge on any atom is -0.468 e. The van der Waals surface area contributed by atoms with Crippen LogP contribution in [0.25, 0.3) is 0 Å². The Bertz CT molecular complexity index is 398. The maximum absolute atomic E-state index is 11.8. The van der Waals surface area contributed by atoms with E-state index in [1.165, 1.54) is 12.0 Å². The van der Waals surface area contributed by atoms with Gasteiger partial charge < -0.3 is 10.1 Å². The zero-order valence-corrected chi connectivity index (χ0v) is 10.2. The van der Waals surface area contributed by atoms with Crippen LogP contribution < -0.4 is 5.32 Å². The molecule has 2 amide bonds. The standard InChI is InChI=1S/C12H16N2O4/c1-18-12(17)9(13-6-2-3-6)5-14-10(15)7-4-8(7)11(14)16/h6-9,13H,2-5H2,1H3. The van der Waals surface area contributed by atoms with Crippen molar-refractivity contribution in [2.45, 2.75) is 31.3 Å². The molecule has 1 N–H and O–H groups in total. The van der Waals surface area contributed by atoms with Gasteiger partial charge in [0.2, 0.25) is 11.8 Å². The molecule has 2 saturated carbocycles. The number of hydrogen-bond acceptors (Lipinski definition) is 5. The number of carbonyl (C=O) groups is 3. The van der Waals surface area contributed by atoms with Crippen molar-refractivity contribution in [1.82, 2.24) is 10.2 Å². The summed E-state index contributed by atoms with van der Waals surface area (Å²) in [5.74, 6) is -0.899. The summed E-state index contributed by atoms with van der Waals surface area (Å²) >= 11 is 0. The van der Waals surface area contributed by atoms with Crippen LogP contribution >= 0.6 is 0 Å². The van der Waals surface area contributed by atoms with E-state index in [1.54, 1.807) is 0 Å². The number of nitrogens with zero attached hydrogens (tertiary/aromatic N) is 1. The molecule has 0 aromatic carbocycles. The largest absolute Gasteiger partial charge is 0.468 e. The van der Waals surface area contributed by atoms with Crippen molar-refractivity contribution in [3.8, 4) is 0 Å². The first kappa shape index (κ1) is 11.6. The number of nitrogens with one attached hydrogen (secondary N) is 1. The molecule has 3 aliphatic rings. The molecule has 3 atom stereocenters. The number of piperidine rings is 1. The smallest absolute Gasteiger partial charge is 0.324 e. The Labute approximate surface area is 105 Å². The minimum absolute atomic E-state index is 0.105. The third-order valence-electron chi connectivity index (χ3n) is 3.82. The van der Waals surface area contributed by atoms with E-state index in [2.05, 4.69) is 5.32 Å². The Hall–Kier alpha value is -1.43. The molecule has 3 rings (SSSR count). The molecular formula is C12H16N2O4. The molecule has 0 aromatic heterocycles. The molecule has 98 valence electrons.